The molecule has 0 spiro atoms. The lowest BCUT2D eigenvalue weighted by molar-refractivity contribution is 0.0880. The first-order valence-corrected chi connectivity index (χ1v) is 9.25. The van der Waals surface area contributed by atoms with E-state index >= 15 is 0 Å². The van der Waals surface area contributed by atoms with Crippen molar-refractivity contribution >= 4 is 23.3 Å². The van der Waals surface area contributed by atoms with Gasteiger partial charge in [0.05, 0.1) is 23.9 Å². The Labute approximate surface area is 161 Å². The van der Waals surface area contributed by atoms with Crippen LogP contribution in [0.15, 0.2) is 29.1 Å². The van der Waals surface area contributed by atoms with E-state index < -0.39 is 17.4 Å². The molecule has 3 heterocycles. The summed E-state index contributed by atoms with van der Waals surface area (Å²) in [7, 11) is 1.52. The molecule has 0 unspecified atom stereocenters. The highest BCUT2D eigenvalue weighted by atomic mass is 16.5. The molecule has 0 aliphatic carbocycles. The number of amides is 2. The number of methoxy groups -OCH3 is 1. The summed E-state index contributed by atoms with van der Waals surface area (Å²) in [6.07, 6.45) is 2.26. The Morgan fingerprint density at radius 2 is 1.82 bits per heavy atom. The number of anilines is 2. The van der Waals surface area contributed by atoms with Crippen LogP contribution in [0, 0.1) is 5.92 Å². The Kier molecular flexibility index (Phi) is 4.33. The van der Waals surface area contributed by atoms with Crippen LogP contribution >= 0.6 is 0 Å². The number of aromatic nitrogens is 1. The van der Waals surface area contributed by atoms with Gasteiger partial charge in [0.1, 0.15) is 11.6 Å². The number of hydrogen-bond acceptors (Lipinski definition) is 6. The van der Waals surface area contributed by atoms with Gasteiger partial charge in [-0.25, -0.2) is 0 Å². The number of rotatable bonds is 3. The third-order valence-corrected chi connectivity index (χ3v) is 5.51. The number of piperidine rings is 1. The molecule has 2 aliphatic heterocycles. The number of nitrogens with two attached hydrogens (primary N) is 1. The van der Waals surface area contributed by atoms with E-state index in [4.69, 9.17) is 10.5 Å². The Morgan fingerprint density at radius 1 is 1.11 bits per heavy atom. The molecule has 2 amide bonds. The molecule has 2 aliphatic rings. The van der Waals surface area contributed by atoms with Crippen molar-refractivity contribution in [1.29, 1.82) is 0 Å². The molecule has 1 fully saturated rings. The maximum atomic E-state index is 12.7. The van der Waals surface area contributed by atoms with Crippen LogP contribution in [0.4, 0.5) is 11.5 Å². The Hall–Kier alpha value is -3.29. The zero-order valence-electron chi connectivity index (χ0n) is 15.8. The Balaban J connectivity index is 1.80. The standard InChI is InChI=1S/C20H22N4O4/c1-11-5-7-23(8-6-11)12-3-4-14(15(9-12)28-2)24-16(25)10-13-17(18(24)21)20(27)22-19(13)26/h3-4,9-11H,5-8,21H2,1-2H3,(H,22,26,27). The zero-order chi connectivity index (χ0) is 20.0. The fourth-order valence-electron chi connectivity index (χ4n) is 3.84. The molecular weight excluding hydrogens is 360 g/mol. The van der Waals surface area contributed by atoms with E-state index in [1.165, 1.54) is 11.7 Å². The molecule has 2 aromatic rings. The van der Waals surface area contributed by atoms with Crippen molar-refractivity contribution in [3.05, 3.63) is 45.7 Å². The van der Waals surface area contributed by atoms with E-state index in [0.717, 1.165) is 43.6 Å². The molecule has 1 aromatic heterocycles. The molecule has 0 bridgehead atoms. The van der Waals surface area contributed by atoms with Crippen LogP contribution in [0.2, 0.25) is 0 Å². The van der Waals surface area contributed by atoms with Crippen LogP contribution in [0.1, 0.15) is 40.5 Å². The third kappa shape index (κ3) is 2.81. The third-order valence-electron chi connectivity index (χ3n) is 5.51. The van der Waals surface area contributed by atoms with E-state index in [-0.39, 0.29) is 16.9 Å². The van der Waals surface area contributed by atoms with Gasteiger partial charge >= 0.3 is 0 Å². The molecule has 0 atom stereocenters. The van der Waals surface area contributed by atoms with Crippen molar-refractivity contribution in [1.82, 2.24) is 9.88 Å². The Bertz CT molecular complexity index is 1040. The van der Waals surface area contributed by atoms with Gasteiger partial charge in [-0.3, -0.25) is 24.3 Å². The maximum absolute atomic E-state index is 12.7. The molecule has 4 rings (SSSR count). The number of benzene rings is 1. The number of nitrogens with one attached hydrogen (secondary N) is 1. The van der Waals surface area contributed by atoms with Crippen LogP contribution < -0.4 is 26.2 Å². The number of fused-ring (bicyclic) bond motifs is 1. The molecule has 3 N–H and O–H groups in total. The van der Waals surface area contributed by atoms with E-state index in [0.29, 0.717) is 11.4 Å². The van der Waals surface area contributed by atoms with Crippen LogP contribution in [0.3, 0.4) is 0 Å². The summed E-state index contributed by atoms with van der Waals surface area (Å²) in [5, 5.41) is 2.17. The average Bonchev–Trinajstić information content (AvgIpc) is 2.96. The van der Waals surface area contributed by atoms with Crippen LogP contribution in [0.25, 0.3) is 5.69 Å². The van der Waals surface area contributed by atoms with E-state index in [1.54, 1.807) is 6.07 Å². The smallest absolute Gasteiger partial charge is 0.262 e. The molecule has 0 radical (unpaired) electrons. The summed E-state index contributed by atoms with van der Waals surface area (Å²) in [5.74, 6) is -0.115. The first-order valence-electron chi connectivity index (χ1n) is 9.25. The summed E-state index contributed by atoms with van der Waals surface area (Å²) in [6.45, 7) is 4.19. The number of nitrogen functional groups attached to an aromatic ring is 1. The number of carbonyl (C=O) groups excluding carboxylic acids is 2. The summed E-state index contributed by atoms with van der Waals surface area (Å²) in [4.78, 5) is 38.9. The quantitative estimate of drug-likeness (QED) is 0.780. The second-order valence-electron chi connectivity index (χ2n) is 7.30. The Morgan fingerprint density at radius 3 is 2.50 bits per heavy atom. The van der Waals surface area contributed by atoms with Gasteiger partial charge in [0, 0.05) is 30.9 Å². The summed E-state index contributed by atoms with van der Waals surface area (Å²) >= 11 is 0. The minimum absolute atomic E-state index is 0.00164. The first-order chi connectivity index (χ1) is 13.4. The highest BCUT2D eigenvalue weighted by Gasteiger charge is 2.32. The number of hydrogen-bond donors (Lipinski definition) is 2. The molecular formula is C20H22N4O4. The van der Waals surface area contributed by atoms with Crippen molar-refractivity contribution in [2.24, 2.45) is 5.92 Å². The lowest BCUT2D eigenvalue weighted by Gasteiger charge is -2.32. The lowest BCUT2D eigenvalue weighted by Crippen LogP contribution is -2.32. The molecule has 1 aromatic carbocycles. The van der Waals surface area contributed by atoms with Crippen LogP contribution in [-0.2, 0) is 0 Å². The monoisotopic (exact) mass is 382 g/mol. The van der Waals surface area contributed by atoms with Gasteiger partial charge < -0.3 is 15.4 Å². The van der Waals surface area contributed by atoms with E-state index in [9.17, 15) is 14.4 Å². The predicted molar refractivity (Wildman–Crippen MR) is 105 cm³/mol. The fraction of sp³-hybridized carbons (Fsp3) is 0.350. The maximum Gasteiger partial charge on any atom is 0.262 e. The predicted octanol–water partition coefficient (Wildman–Crippen LogP) is 1.55. The molecule has 1 saturated heterocycles. The number of nitrogens with zero attached hydrogens (tertiary/aromatic N) is 2. The van der Waals surface area contributed by atoms with Crippen molar-refractivity contribution in [2.45, 2.75) is 19.8 Å². The number of imide groups is 1. The van der Waals surface area contributed by atoms with Crippen molar-refractivity contribution in [2.75, 3.05) is 30.8 Å². The van der Waals surface area contributed by atoms with Gasteiger partial charge in [-0.15, -0.1) is 0 Å². The van der Waals surface area contributed by atoms with Gasteiger partial charge in [-0.1, -0.05) is 6.92 Å². The topological polar surface area (TPSA) is 107 Å². The molecule has 28 heavy (non-hydrogen) atoms. The number of carbonyl (C=O) groups is 2. The van der Waals surface area contributed by atoms with Crippen molar-refractivity contribution in [3.63, 3.8) is 0 Å². The van der Waals surface area contributed by atoms with E-state index in [1.807, 2.05) is 12.1 Å². The normalized spacial score (nSPS) is 16.9. The minimum atomic E-state index is -0.613. The summed E-state index contributed by atoms with van der Waals surface area (Å²) < 4.78 is 6.73. The molecule has 146 valence electrons. The lowest BCUT2D eigenvalue weighted by atomic mass is 9.99. The highest BCUT2D eigenvalue weighted by Crippen LogP contribution is 2.32. The number of pyridine rings is 1. The second kappa shape index (κ2) is 6.70. The molecule has 0 saturated carbocycles. The minimum Gasteiger partial charge on any atom is -0.494 e. The average molecular weight is 382 g/mol. The first kappa shape index (κ1) is 18.1. The zero-order valence-corrected chi connectivity index (χ0v) is 15.8. The van der Waals surface area contributed by atoms with Gasteiger partial charge in [0.15, 0.2) is 0 Å². The fourth-order valence-corrected chi connectivity index (χ4v) is 3.84. The SMILES string of the molecule is COc1cc(N2CCC(C)CC2)ccc1-n1c(N)c2c(cc1=O)C(=O)NC2=O. The number of ether oxygens (including phenoxy) is 1. The van der Waals surface area contributed by atoms with Gasteiger partial charge in [-0.2, -0.15) is 0 Å². The molecule has 8 nitrogen and oxygen atoms in total. The van der Waals surface area contributed by atoms with Gasteiger partial charge in [0.25, 0.3) is 17.4 Å². The second-order valence-corrected chi connectivity index (χ2v) is 7.30. The van der Waals surface area contributed by atoms with Gasteiger partial charge in [-0.05, 0) is 30.9 Å². The highest BCUT2D eigenvalue weighted by molar-refractivity contribution is 6.23. The van der Waals surface area contributed by atoms with E-state index in [2.05, 4.69) is 17.1 Å². The summed E-state index contributed by atoms with van der Waals surface area (Å²) in [5.41, 5.74) is 7.07. The largest absolute Gasteiger partial charge is 0.494 e. The van der Waals surface area contributed by atoms with Gasteiger partial charge in [0.2, 0.25) is 0 Å². The van der Waals surface area contributed by atoms with Crippen LogP contribution in [0.5, 0.6) is 5.75 Å². The summed E-state index contributed by atoms with van der Waals surface area (Å²) in [6, 6.07) is 6.67. The van der Waals surface area contributed by atoms with Crippen molar-refractivity contribution < 1.29 is 14.3 Å². The van der Waals surface area contributed by atoms with Crippen molar-refractivity contribution in [3.8, 4) is 11.4 Å². The van der Waals surface area contributed by atoms with Crippen LogP contribution in [-0.4, -0.2) is 36.6 Å². The molecule has 8 heteroatoms.